The molecule has 1 saturated carbocycles. The van der Waals surface area contributed by atoms with Crippen LogP contribution in [0.25, 0.3) is 22.0 Å². The lowest BCUT2D eigenvalue weighted by atomic mass is 9.86. The monoisotopic (exact) mass is 535 g/mol. The molecule has 40 heavy (non-hydrogen) atoms. The molecule has 0 unspecified atom stereocenters. The van der Waals surface area contributed by atoms with Crippen LogP contribution in [0, 0.1) is 5.92 Å². The van der Waals surface area contributed by atoms with Gasteiger partial charge in [0.15, 0.2) is 5.78 Å². The van der Waals surface area contributed by atoms with Crippen LogP contribution >= 0.6 is 0 Å². The Kier molecular flexibility index (Phi) is 8.69. The predicted molar refractivity (Wildman–Crippen MR) is 162 cm³/mol. The average molecular weight is 536 g/mol. The highest BCUT2D eigenvalue weighted by Gasteiger charge is 2.23. The molecule has 1 fully saturated rings. The van der Waals surface area contributed by atoms with Gasteiger partial charge in [0.2, 0.25) is 11.9 Å². The Bertz CT molecular complexity index is 1450. The van der Waals surface area contributed by atoms with Crippen LogP contribution in [0.5, 0.6) is 0 Å². The van der Waals surface area contributed by atoms with Crippen molar-refractivity contribution in [2.45, 2.75) is 44.6 Å². The first-order chi connectivity index (χ1) is 19.5. The predicted octanol–water partition coefficient (Wildman–Crippen LogP) is 6.11. The van der Waals surface area contributed by atoms with Crippen molar-refractivity contribution in [2.24, 2.45) is 5.92 Å². The molecule has 0 saturated heterocycles. The molecule has 0 atom stereocenters. The lowest BCUT2D eigenvalue weighted by molar-refractivity contribution is -0.121. The summed E-state index contributed by atoms with van der Waals surface area (Å²) in [6, 6.07) is 26.1. The number of Topliss-reactive ketones (excluding diaryl/α,β-unsaturated/α-hetero) is 1. The van der Waals surface area contributed by atoms with Crippen LogP contribution in [0.4, 0.5) is 11.8 Å². The Morgan fingerprint density at radius 2 is 1.48 bits per heavy atom. The minimum atomic E-state index is -0.0599. The van der Waals surface area contributed by atoms with Crippen molar-refractivity contribution in [1.82, 2.24) is 15.3 Å². The Hall–Kier alpha value is -4.26. The normalized spacial score (nSPS) is 16.9. The average Bonchev–Trinajstić information content (AvgIpc) is 2.99. The molecule has 1 aromatic heterocycles. The molecule has 0 aliphatic heterocycles. The molecule has 0 spiro atoms. The zero-order valence-electron chi connectivity index (χ0n) is 23.3. The Morgan fingerprint density at radius 1 is 0.800 bits per heavy atom. The highest BCUT2D eigenvalue weighted by atomic mass is 16.2. The number of hydrogen-bond acceptors (Lipinski definition) is 6. The Labute approximate surface area is 236 Å². The van der Waals surface area contributed by atoms with Gasteiger partial charge in [0.05, 0.1) is 5.52 Å². The third-order valence-electron chi connectivity index (χ3n) is 7.67. The van der Waals surface area contributed by atoms with Crippen LogP contribution in [0.15, 0.2) is 78.9 Å². The fraction of sp³-hybridized carbons (Fsp3) is 0.333. The van der Waals surface area contributed by atoms with Gasteiger partial charge in [0.1, 0.15) is 5.82 Å². The lowest BCUT2D eigenvalue weighted by Crippen LogP contribution is -2.34. The van der Waals surface area contributed by atoms with Crippen LogP contribution in [0.3, 0.4) is 0 Å². The molecule has 0 radical (unpaired) electrons. The second-order valence-electron chi connectivity index (χ2n) is 10.8. The number of carbonyl (C=O) groups excluding carboxylic acids is 2. The number of para-hydroxylation sites is 1. The van der Waals surface area contributed by atoms with Crippen molar-refractivity contribution in [3.05, 3.63) is 84.4 Å². The summed E-state index contributed by atoms with van der Waals surface area (Å²) in [5, 5.41) is 7.64. The summed E-state index contributed by atoms with van der Waals surface area (Å²) in [6.45, 7) is 0.656. The molecule has 5 rings (SSSR count). The van der Waals surface area contributed by atoms with Gasteiger partial charge in [-0.3, -0.25) is 9.59 Å². The number of amides is 1. The van der Waals surface area contributed by atoms with Gasteiger partial charge >= 0.3 is 0 Å². The number of nitrogens with zero attached hydrogens (tertiary/aromatic N) is 3. The largest absolute Gasteiger partial charge is 0.362 e. The highest BCUT2D eigenvalue weighted by Crippen LogP contribution is 2.28. The van der Waals surface area contributed by atoms with E-state index in [2.05, 4.69) is 10.6 Å². The first-order valence-electron chi connectivity index (χ1n) is 14.1. The maximum atomic E-state index is 12.6. The summed E-state index contributed by atoms with van der Waals surface area (Å²) in [6.07, 6.45) is 4.49. The second kappa shape index (κ2) is 12.7. The first-order valence-corrected chi connectivity index (χ1v) is 14.1. The molecule has 0 bridgehead atoms. The quantitative estimate of drug-likeness (QED) is 0.238. The van der Waals surface area contributed by atoms with Crippen molar-refractivity contribution in [2.75, 3.05) is 30.9 Å². The summed E-state index contributed by atoms with van der Waals surface area (Å²) in [5.41, 5.74) is 3.77. The fourth-order valence-electron chi connectivity index (χ4n) is 5.36. The summed E-state index contributed by atoms with van der Waals surface area (Å²) in [4.78, 5) is 36.6. The highest BCUT2D eigenvalue weighted by molar-refractivity contribution is 5.98. The van der Waals surface area contributed by atoms with E-state index in [0.29, 0.717) is 30.0 Å². The van der Waals surface area contributed by atoms with Crippen LogP contribution in [-0.2, 0) is 4.79 Å². The summed E-state index contributed by atoms with van der Waals surface area (Å²) in [7, 11) is 3.99. The molecule has 7 heteroatoms. The number of carbonyl (C=O) groups is 2. The van der Waals surface area contributed by atoms with Crippen molar-refractivity contribution in [1.29, 1.82) is 0 Å². The van der Waals surface area contributed by atoms with Crippen LogP contribution in [0.2, 0.25) is 0 Å². The van der Waals surface area contributed by atoms with E-state index in [1.165, 1.54) is 0 Å². The Balaban J connectivity index is 1.04. The number of hydrogen-bond donors (Lipinski definition) is 2. The number of ketones is 1. The molecule has 7 nitrogen and oxygen atoms in total. The lowest BCUT2D eigenvalue weighted by Gasteiger charge is -2.29. The Morgan fingerprint density at radius 3 is 2.20 bits per heavy atom. The molecule has 1 heterocycles. The molecule has 2 N–H and O–H groups in total. The van der Waals surface area contributed by atoms with Crippen molar-refractivity contribution >= 4 is 34.4 Å². The first kappa shape index (κ1) is 27.3. The van der Waals surface area contributed by atoms with Crippen LogP contribution in [0.1, 0.15) is 48.9 Å². The van der Waals surface area contributed by atoms with E-state index in [-0.39, 0.29) is 24.5 Å². The third kappa shape index (κ3) is 6.84. The van der Waals surface area contributed by atoms with E-state index in [0.717, 1.165) is 53.5 Å². The smallest absolute Gasteiger partial charge is 0.225 e. The maximum Gasteiger partial charge on any atom is 0.225 e. The fourth-order valence-corrected chi connectivity index (χ4v) is 5.36. The molecular weight excluding hydrogens is 498 g/mol. The maximum absolute atomic E-state index is 12.6. The number of rotatable bonds is 10. The van der Waals surface area contributed by atoms with Gasteiger partial charge in [-0.05, 0) is 54.9 Å². The second-order valence-corrected chi connectivity index (χ2v) is 10.8. The number of aromatic nitrogens is 2. The number of nitrogens with one attached hydrogen (secondary N) is 2. The molecule has 3 aromatic carbocycles. The molecule has 1 aliphatic carbocycles. The standard InChI is InChI=1S/C33H37N5O2/c1-38(2)32-28-10-6-7-11-29(28)36-33(37-32)35-27-18-12-23(13-19-27)22-34-31(40)21-20-30(39)26-16-14-25(15-17-26)24-8-4-3-5-9-24/h3-11,14-17,23,27H,12-13,18-22H2,1-2H3,(H,34,40)(H,35,36,37)/t23-,27+. The van der Waals surface area contributed by atoms with Crippen LogP contribution in [-0.4, -0.2) is 48.3 Å². The zero-order chi connectivity index (χ0) is 27.9. The van der Waals surface area contributed by atoms with E-state index in [1.807, 2.05) is 97.9 Å². The van der Waals surface area contributed by atoms with Gasteiger partial charge in [-0.2, -0.15) is 4.98 Å². The number of fused-ring (bicyclic) bond motifs is 1. The van der Waals surface area contributed by atoms with Gasteiger partial charge in [-0.15, -0.1) is 0 Å². The molecule has 206 valence electrons. The van der Waals surface area contributed by atoms with Gasteiger partial charge in [-0.25, -0.2) is 4.98 Å². The zero-order valence-corrected chi connectivity index (χ0v) is 23.3. The van der Waals surface area contributed by atoms with Crippen LogP contribution < -0.4 is 15.5 Å². The molecule has 1 aliphatic rings. The topological polar surface area (TPSA) is 87.2 Å². The summed E-state index contributed by atoms with van der Waals surface area (Å²) >= 11 is 0. The minimum absolute atomic E-state index is 0.00493. The summed E-state index contributed by atoms with van der Waals surface area (Å²) in [5.74, 6) is 1.95. The van der Waals surface area contributed by atoms with Gasteiger partial charge in [0, 0.05) is 50.5 Å². The van der Waals surface area contributed by atoms with E-state index in [1.54, 1.807) is 0 Å². The van der Waals surface area contributed by atoms with Crippen molar-refractivity contribution in [3.63, 3.8) is 0 Å². The van der Waals surface area contributed by atoms with Crippen molar-refractivity contribution < 1.29 is 9.59 Å². The molecule has 1 amide bonds. The van der Waals surface area contributed by atoms with E-state index in [4.69, 9.17) is 9.97 Å². The van der Waals surface area contributed by atoms with Gasteiger partial charge < -0.3 is 15.5 Å². The number of anilines is 2. The molecule has 4 aromatic rings. The number of benzene rings is 3. The van der Waals surface area contributed by atoms with E-state index in [9.17, 15) is 9.59 Å². The van der Waals surface area contributed by atoms with Gasteiger partial charge in [0.25, 0.3) is 0 Å². The van der Waals surface area contributed by atoms with E-state index >= 15 is 0 Å². The van der Waals surface area contributed by atoms with Gasteiger partial charge in [-0.1, -0.05) is 66.7 Å². The SMILES string of the molecule is CN(C)c1nc(N[C@H]2CC[C@@H](CNC(=O)CCC(=O)c3ccc(-c4ccccc4)cc3)CC2)nc2ccccc12. The van der Waals surface area contributed by atoms with E-state index < -0.39 is 0 Å². The van der Waals surface area contributed by atoms with Crippen molar-refractivity contribution in [3.8, 4) is 11.1 Å². The molecular formula is C33H37N5O2. The minimum Gasteiger partial charge on any atom is -0.362 e. The summed E-state index contributed by atoms with van der Waals surface area (Å²) < 4.78 is 0. The third-order valence-corrected chi connectivity index (χ3v) is 7.67.